The third kappa shape index (κ3) is 4.93. The molecule has 180 valence electrons. The number of nitrogens with zero attached hydrogens (tertiary/aromatic N) is 1. The van der Waals surface area contributed by atoms with Crippen molar-refractivity contribution >= 4 is 33.4 Å². The van der Waals surface area contributed by atoms with E-state index in [4.69, 9.17) is 16.9 Å². The van der Waals surface area contributed by atoms with Gasteiger partial charge in [0.15, 0.2) is 0 Å². The van der Waals surface area contributed by atoms with Crippen LogP contribution in [-0.2, 0) is 13.0 Å². The number of benzene rings is 3. The maximum atomic E-state index is 13.4. The molecule has 1 saturated carbocycles. The highest BCUT2D eigenvalue weighted by Gasteiger charge is 2.23. The Balaban J connectivity index is 1.41. The topological polar surface area (TPSA) is 110 Å². The van der Waals surface area contributed by atoms with Crippen LogP contribution in [0.5, 0.6) is 0 Å². The van der Waals surface area contributed by atoms with Crippen LogP contribution in [0.25, 0.3) is 21.7 Å². The number of nitrogen functional groups attached to an aromatic ring is 1. The fourth-order valence-electron chi connectivity index (χ4n) is 5.31. The smallest absolute Gasteiger partial charge is 0.268 e. The summed E-state index contributed by atoms with van der Waals surface area (Å²) in [6.07, 6.45) is 5.53. The minimum atomic E-state index is -0.0452. The standard InChI is InChI=1S/C29H33N5O/c30-23-12-14-24(15-13-23)33-29(35)27-17-21-10-11-22(28(31)32)18-26(21)34(27)16-4-8-20-7-3-6-19-5-1-2-9-25(19)20/h1-3,5-7,9-11,17-18,23-24H,4,8,12-16,30H2,(H3,31,32)(H,33,35). The number of aromatic nitrogens is 1. The summed E-state index contributed by atoms with van der Waals surface area (Å²) < 4.78 is 2.09. The number of hydrogen-bond donors (Lipinski definition) is 4. The third-order valence-corrected chi connectivity index (χ3v) is 7.26. The summed E-state index contributed by atoms with van der Waals surface area (Å²) in [7, 11) is 0. The molecule has 0 unspecified atom stereocenters. The Morgan fingerprint density at radius 1 is 0.971 bits per heavy atom. The minimum Gasteiger partial charge on any atom is -0.384 e. The predicted octanol–water partition coefficient (Wildman–Crippen LogP) is 4.71. The number of aryl methyl sites for hydroxylation is 2. The first-order valence-electron chi connectivity index (χ1n) is 12.5. The minimum absolute atomic E-state index is 0.0277. The molecule has 0 atom stereocenters. The molecule has 35 heavy (non-hydrogen) atoms. The van der Waals surface area contributed by atoms with Crippen LogP contribution in [-0.4, -0.2) is 28.4 Å². The van der Waals surface area contributed by atoms with Gasteiger partial charge in [-0.1, -0.05) is 54.6 Å². The van der Waals surface area contributed by atoms with Crippen LogP contribution in [0.2, 0.25) is 0 Å². The fraction of sp³-hybridized carbons (Fsp3) is 0.310. The molecule has 0 spiro atoms. The largest absolute Gasteiger partial charge is 0.384 e. The van der Waals surface area contributed by atoms with Gasteiger partial charge in [-0.05, 0) is 67.0 Å². The molecule has 0 saturated heterocycles. The number of amidine groups is 1. The van der Waals surface area contributed by atoms with Crippen LogP contribution in [0.15, 0.2) is 66.7 Å². The molecule has 1 aliphatic rings. The summed E-state index contributed by atoms with van der Waals surface area (Å²) in [6.45, 7) is 0.701. The van der Waals surface area contributed by atoms with Crippen molar-refractivity contribution in [1.82, 2.24) is 9.88 Å². The monoisotopic (exact) mass is 467 g/mol. The highest BCUT2D eigenvalue weighted by molar-refractivity contribution is 6.02. The number of amides is 1. The molecule has 6 N–H and O–H groups in total. The molecule has 1 fully saturated rings. The summed E-state index contributed by atoms with van der Waals surface area (Å²) in [5.41, 5.74) is 15.4. The second-order valence-electron chi connectivity index (χ2n) is 9.70. The molecule has 4 aromatic rings. The molecule has 6 nitrogen and oxygen atoms in total. The van der Waals surface area contributed by atoms with Crippen LogP contribution in [0.1, 0.15) is 53.7 Å². The summed E-state index contributed by atoms with van der Waals surface area (Å²) in [6, 6.07) is 23.0. The Hall–Kier alpha value is -3.64. The predicted molar refractivity (Wildman–Crippen MR) is 143 cm³/mol. The summed E-state index contributed by atoms with van der Waals surface area (Å²) in [5.74, 6) is -0.0174. The first-order chi connectivity index (χ1) is 17.0. The van der Waals surface area contributed by atoms with E-state index in [1.807, 2.05) is 24.3 Å². The van der Waals surface area contributed by atoms with Crippen LogP contribution in [0, 0.1) is 5.41 Å². The zero-order valence-corrected chi connectivity index (χ0v) is 20.0. The van der Waals surface area contributed by atoms with Crippen molar-refractivity contribution in [3.05, 3.63) is 83.6 Å². The lowest BCUT2D eigenvalue weighted by atomic mass is 9.92. The second-order valence-corrected chi connectivity index (χ2v) is 9.70. The van der Waals surface area contributed by atoms with E-state index < -0.39 is 0 Å². The summed E-state index contributed by atoms with van der Waals surface area (Å²) in [5, 5.41) is 14.6. The number of carbonyl (C=O) groups is 1. The number of carbonyl (C=O) groups excluding carboxylic acids is 1. The molecule has 0 bridgehead atoms. The number of nitrogens with two attached hydrogens (primary N) is 2. The Labute approximate surface area is 205 Å². The molecule has 6 heteroatoms. The van der Waals surface area contributed by atoms with E-state index >= 15 is 0 Å². The fourth-order valence-corrected chi connectivity index (χ4v) is 5.31. The first-order valence-corrected chi connectivity index (χ1v) is 12.5. The number of nitrogens with one attached hydrogen (secondary N) is 2. The molecule has 1 amide bonds. The van der Waals surface area contributed by atoms with Crippen molar-refractivity contribution in [2.45, 2.75) is 57.2 Å². The van der Waals surface area contributed by atoms with Gasteiger partial charge in [0.05, 0.1) is 0 Å². The maximum absolute atomic E-state index is 13.4. The lowest BCUT2D eigenvalue weighted by Gasteiger charge is -2.27. The lowest BCUT2D eigenvalue weighted by Crippen LogP contribution is -2.41. The Bertz CT molecular complexity index is 1380. The third-order valence-electron chi connectivity index (χ3n) is 7.26. The van der Waals surface area contributed by atoms with Crippen LogP contribution >= 0.6 is 0 Å². The summed E-state index contributed by atoms with van der Waals surface area (Å²) in [4.78, 5) is 13.4. The van der Waals surface area contributed by atoms with E-state index in [1.54, 1.807) is 0 Å². The number of fused-ring (bicyclic) bond motifs is 2. The van der Waals surface area contributed by atoms with Gasteiger partial charge in [-0.2, -0.15) is 0 Å². The van der Waals surface area contributed by atoms with Gasteiger partial charge in [-0.3, -0.25) is 10.2 Å². The molecule has 1 aliphatic carbocycles. The van der Waals surface area contributed by atoms with Gasteiger partial charge >= 0.3 is 0 Å². The van der Waals surface area contributed by atoms with Gasteiger partial charge < -0.3 is 21.4 Å². The van der Waals surface area contributed by atoms with Crippen molar-refractivity contribution in [1.29, 1.82) is 5.41 Å². The van der Waals surface area contributed by atoms with Gasteiger partial charge in [0, 0.05) is 35.1 Å². The van der Waals surface area contributed by atoms with Crippen molar-refractivity contribution in [2.24, 2.45) is 11.5 Å². The van der Waals surface area contributed by atoms with Crippen LogP contribution in [0.4, 0.5) is 0 Å². The maximum Gasteiger partial charge on any atom is 0.268 e. The Morgan fingerprint density at radius 2 is 1.74 bits per heavy atom. The molecule has 1 heterocycles. The van der Waals surface area contributed by atoms with Gasteiger partial charge in [0.2, 0.25) is 0 Å². The highest BCUT2D eigenvalue weighted by Crippen LogP contribution is 2.25. The van der Waals surface area contributed by atoms with E-state index in [0.717, 1.165) is 49.4 Å². The summed E-state index contributed by atoms with van der Waals surface area (Å²) >= 11 is 0. The number of hydrogen-bond acceptors (Lipinski definition) is 3. The first kappa shape index (κ1) is 23.1. The average molecular weight is 468 g/mol. The van der Waals surface area contributed by atoms with E-state index in [2.05, 4.69) is 52.3 Å². The van der Waals surface area contributed by atoms with Gasteiger partial charge in [-0.15, -0.1) is 0 Å². The quantitative estimate of drug-likeness (QED) is 0.233. The molecule has 5 rings (SSSR count). The SMILES string of the molecule is N=C(N)c1ccc2cc(C(=O)NC3CCC(N)CC3)n(CCCc3cccc4ccccc34)c2c1. The molecule has 0 aliphatic heterocycles. The molecular weight excluding hydrogens is 434 g/mol. The van der Waals surface area contributed by atoms with Crippen molar-refractivity contribution in [3.63, 3.8) is 0 Å². The van der Waals surface area contributed by atoms with Crippen molar-refractivity contribution in [2.75, 3.05) is 0 Å². The number of rotatable bonds is 7. The Morgan fingerprint density at radius 3 is 2.54 bits per heavy atom. The Kier molecular flexibility index (Phi) is 6.55. The van der Waals surface area contributed by atoms with E-state index in [1.165, 1.54) is 16.3 Å². The second kappa shape index (κ2) is 9.92. The average Bonchev–Trinajstić information content (AvgIpc) is 3.23. The van der Waals surface area contributed by atoms with E-state index in [-0.39, 0.29) is 23.8 Å². The van der Waals surface area contributed by atoms with Crippen LogP contribution in [0.3, 0.4) is 0 Å². The molecule has 1 aromatic heterocycles. The molecule has 0 radical (unpaired) electrons. The normalized spacial score (nSPS) is 18.1. The van der Waals surface area contributed by atoms with Gasteiger partial charge in [0.25, 0.3) is 5.91 Å². The zero-order chi connectivity index (χ0) is 24.4. The highest BCUT2D eigenvalue weighted by atomic mass is 16.2. The van der Waals surface area contributed by atoms with Gasteiger partial charge in [0.1, 0.15) is 11.5 Å². The van der Waals surface area contributed by atoms with Crippen LogP contribution < -0.4 is 16.8 Å². The van der Waals surface area contributed by atoms with Crippen molar-refractivity contribution in [3.8, 4) is 0 Å². The zero-order valence-electron chi connectivity index (χ0n) is 20.0. The van der Waals surface area contributed by atoms with Gasteiger partial charge in [-0.25, -0.2) is 0 Å². The van der Waals surface area contributed by atoms with E-state index in [9.17, 15) is 4.79 Å². The van der Waals surface area contributed by atoms with E-state index in [0.29, 0.717) is 17.8 Å². The molecule has 3 aromatic carbocycles. The molecular formula is C29H33N5O. The lowest BCUT2D eigenvalue weighted by molar-refractivity contribution is 0.0916. The van der Waals surface area contributed by atoms with Crippen molar-refractivity contribution < 1.29 is 4.79 Å².